The number of furan rings is 1. The fourth-order valence-corrected chi connectivity index (χ4v) is 2.95. The van der Waals surface area contributed by atoms with Crippen molar-refractivity contribution in [1.29, 1.82) is 0 Å². The van der Waals surface area contributed by atoms with Gasteiger partial charge < -0.3 is 18.5 Å². The summed E-state index contributed by atoms with van der Waals surface area (Å²) in [6.07, 6.45) is 1.46. The van der Waals surface area contributed by atoms with Crippen molar-refractivity contribution in [3.05, 3.63) is 72.7 Å². The Hall–Kier alpha value is -3.74. The summed E-state index contributed by atoms with van der Waals surface area (Å²) >= 11 is 0. The van der Waals surface area contributed by atoms with Crippen molar-refractivity contribution < 1.29 is 18.7 Å². The molecule has 4 aromatic rings. The topological polar surface area (TPSA) is 78.5 Å². The van der Waals surface area contributed by atoms with Gasteiger partial charge in [0, 0.05) is 0 Å². The third kappa shape index (κ3) is 3.55. The van der Waals surface area contributed by atoms with Gasteiger partial charge in [0.15, 0.2) is 17.3 Å². The number of nitrogens with one attached hydrogen (secondary N) is 1. The maximum atomic E-state index is 12.4. The lowest BCUT2D eigenvalue weighted by Crippen LogP contribution is -2.17. The number of para-hydroxylation sites is 4. The highest BCUT2D eigenvalue weighted by molar-refractivity contribution is 6.02. The van der Waals surface area contributed by atoms with E-state index < -0.39 is 0 Å². The van der Waals surface area contributed by atoms with E-state index in [1.807, 2.05) is 53.1 Å². The summed E-state index contributed by atoms with van der Waals surface area (Å²) in [5.41, 5.74) is 1.69. The maximum Gasteiger partial charge on any atom is 0.293 e. The molecule has 0 saturated carbocycles. The number of nitrogens with zero attached hydrogens (tertiary/aromatic N) is 2. The molecule has 0 saturated heterocycles. The number of aromatic nitrogens is 2. The van der Waals surface area contributed by atoms with E-state index in [0.29, 0.717) is 30.6 Å². The molecular weight excluding hydrogens is 358 g/mol. The zero-order valence-corrected chi connectivity index (χ0v) is 15.3. The van der Waals surface area contributed by atoms with E-state index in [9.17, 15) is 4.79 Å². The van der Waals surface area contributed by atoms with Crippen molar-refractivity contribution in [3.63, 3.8) is 0 Å². The summed E-state index contributed by atoms with van der Waals surface area (Å²) in [5, 5.41) is 2.81. The maximum absolute atomic E-state index is 12.4. The predicted molar refractivity (Wildman–Crippen MR) is 105 cm³/mol. The second-order valence-electron chi connectivity index (χ2n) is 6.01. The van der Waals surface area contributed by atoms with E-state index in [4.69, 9.17) is 13.9 Å². The van der Waals surface area contributed by atoms with Crippen LogP contribution in [-0.4, -0.2) is 29.2 Å². The highest BCUT2D eigenvalue weighted by atomic mass is 16.5. The van der Waals surface area contributed by atoms with Crippen LogP contribution in [0, 0.1) is 0 Å². The number of imidazole rings is 1. The van der Waals surface area contributed by atoms with Crippen LogP contribution in [0.3, 0.4) is 0 Å². The second-order valence-corrected chi connectivity index (χ2v) is 6.01. The van der Waals surface area contributed by atoms with Crippen LogP contribution in [0.2, 0.25) is 0 Å². The molecule has 0 fully saturated rings. The average molecular weight is 377 g/mol. The smallest absolute Gasteiger partial charge is 0.293 e. The molecule has 0 aliphatic heterocycles. The number of carbonyl (C=O) groups excluding carboxylic acids is 1. The van der Waals surface area contributed by atoms with Gasteiger partial charge in [-0.25, -0.2) is 4.98 Å². The minimum Gasteiger partial charge on any atom is -0.493 e. The Bertz CT molecular complexity index is 1090. The Morgan fingerprint density at radius 1 is 1.07 bits per heavy atom. The first-order chi connectivity index (χ1) is 13.8. The van der Waals surface area contributed by atoms with Gasteiger partial charge in [-0.1, -0.05) is 24.3 Å². The zero-order valence-electron chi connectivity index (χ0n) is 15.3. The van der Waals surface area contributed by atoms with Crippen LogP contribution in [0.1, 0.15) is 10.6 Å². The molecular formula is C21H19N3O4. The largest absolute Gasteiger partial charge is 0.493 e. The van der Waals surface area contributed by atoms with Gasteiger partial charge in [0.2, 0.25) is 5.95 Å². The Kier molecular flexibility index (Phi) is 4.97. The van der Waals surface area contributed by atoms with Gasteiger partial charge in [0.25, 0.3) is 5.91 Å². The van der Waals surface area contributed by atoms with Crippen LogP contribution >= 0.6 is 0 Å². The van der Waals surface area contributed by atoms with Crippen LogP contribution in [0.15, 0.2) is 71.3 Å². The predicted octanol–water partition coefficient (Wildman–Crippen LogP) is 3.97. The van der Waals surface area contributed by atoms with E-state index in [0.717, 1.165) is 11.0 Å². The van der Waals surface area contributed by atoms with Gasteiger partial charge >= 0.3 is 0 Å². The van der Waals surface area contributed by atoms with Crippen LogP contribution in [-0.2, 0) is 6.54 Å². The minimum absolute atomic E-state index is 0.226. The van der Waals surface area contributed by atoms with Gasteiger partial charge in [-0.15, -0.1) is 0 Å². The van der Waals surface area contributed by atoms with E-state index in [2.05, 4.69) is 10.3 Å². The molecule has 1 N–H and O–H groups in total. The number of methoxy groups -OCH3 is 1. The second kappa shape index (κ2) is 7.87. The molecule has 0 bridgehead atoms. The third-order valence-corrected chi connectivity index (χ3v) is 4.27. The van der Waals surface area contributed by atoms with Crippen LogP contribution in [0.4, 0.5) is 5.95 Å². The van der Waals surface area contributed by atoms with Gasteiger partial charge in [0.1, 0.15) is 6.61 Å². The first-order valence-corrected chi connectivity index (χ1v) is 8.82. The highest BCUT2D eigenvalue weighted by Gasteiger charge is 2.16. The number of ether oxygens (including phenoxy) is 2. The lowest BCUT2D eigenvalue weighted by atomic mass is 10.3. The molecule has 0 spiro atoms. The number of benzene rings is 2. The lowest BCUT2D eigenvalue weighted by Gasteiger charge is -2.13. The molecule has 7 heteroatoms. The number of anilines is 1. The van der Waals surface area contributed by atoms with Gasteiger partial charge in [-0.05, 0) is 36.4 Å². The Morgan fingerprint density at radius 2 is 1.86 bits per heavy atom. The molecule has 4 rings (SSSR count). The van der Waals surface area contributed by atoms with Gasteiger partial charge in [-0.3, -0.25) is 10.1 Å². The molecule has 0 unspecified atom stereocenters. The Balaban J connectivity index is 1.56. The van der Waals surface area contributed by atoms with Crippen molar-refractivity contribution in [2.24, 2.45) is 0 Å². The van der Waals surface area contributed by atoms with Gasteiger partial charge in [-0.2, -0.15) is 0 Å². The van der Waals surface area contributed by atoms with E-state index in [1.165, 1.54) is 6.26 Å². The number of fused-ring (bicyclic) bond motifs is 1. The fraction of sp³-hybridized carbons (Fsp3) is 0.143. The SMILES string of the molecule is COc1ccccc1OCCn1c(NC(=O)c2ccco2)nc2ccccc21. The first-order valence-electron chi connectivity index (χ1n) is 8.82. The van der Waals surface area contributed by atoms with E-state index >= 15 is 0 Å². The average Bonchev–Trinajstić information content (AvgIpc) is 3.37. The minimum atomic E-state index is -0.354. The summed E-state index contributed by atoms with van der Waals surface area (Å²) in [6.45, 7) is 0.872. The molecule has 2 aromatic carbocycles. The van der Waals surface area contributed by atoms with E-state index in [1.54, 1.807) is 19.2 Å². The quantitative estimate of drug-likeness (QED) is 0.527. The van der Waals surface area contributed by atoms with E-state index in [-0.39, 0.29) is 11.7 Å². The number of hydrogen-bond donors (Lipinski definition) is 1. The fourth-order valence-electron chi connectivity index (χ4n) is 2.95. The van der Waals surface area contributed by atoms with Crippen molar-refractivity contribution >= 4 is 22.9 Å². The molecule has 28 heavy (non-hydrogen) atoms. The van der Waals surface area contributed by atoms with Crippen molar-refractivity contribution in [2.75, 3.05) is 19.0 Å². The van der Waals surface area contributed by atoms with Crippen molar-refractivity contribution in [3.8, 4) is 11.5 Å². The van der Waals surface area contributed by atoms with Crippen LogP contribution in [0.25, 0.3) is 11.0 Å². The summed E-state index contributed by atoms with van der Waals surface area (Å²) in [4.78, 5) is 16.9. The molecule has 1 amide bonds. The molecule has 2 aromatic heterocycles. The first kappa shape index (κ1) is 17.7. The summed E-state index contributed by atoms with van der Waals surface area (Å²) in [5.74, 6) is 1.64. The number of rotatable bonds is 7. The molecule has 0 aliphatic rings. The molecule has 0 atom stereocenters. The van der Waals surface area contributed by atoms with Crippen molar-refractivity contribution in [2.45, 2.75) is 6.54 Å². The monoisotopic (exact) mass is 377 g/mol. The molecule has 142 valence electrons. The highest BCUT2D eigenvalue weighted by Crippen LogP contribution is 2.26. The molecule has 7 nitrogen and oxygen atoms in total. The molecule has 2 heterocycles. The molecule has 0 aliphatic carbocycles. The van der Waals surface area contributed by atoms with Crippen LogP contribution < -0.4 is 14.8 Å². The number of hydrogen-bond acceptors (Lipinski definition) is 5. The standard InChI is InChI=1S/C21H19N3O4/c1-26-17-9-4-5-10-18(17)28-14-12-24-16-8-3-2-7-15(16)22-21(24)23-20(25)19-11-6-13-27-19/h2-11,13H,12,14H2,1H3,(H,22,23,25). The van der Waals surface area contributed by atoms with Gasteiger partial charge in [0.05, 0.1) is 31.0 Å². The Labute approximate surface area is 161 Å². The Morgan fingerprint density at radius 3 is 2.64 bits per heavy atom. The normalized spacial score (nSPS) is 10.8. The summed E-state index contributed by atoms with van der Waals surface area (Å²) < 4.78 is 18.3. The van der Waals surface area contributed by atoms with Crippen molar-refractivity contribution in [1.82, 2.24) is 9.55 Å². The lowest BCUT2D eigenvalue weighted by molar-refractivity contribution is 0.0995. The zero-order chi connectivity index (χ0) is 19.3. The summed E-state index contributed by atoms with van der Waals surface area (Å²) in [7, 11) is 1.60. The third-order valence-electron chi connectivity index (χ3n) is 4.27. The van der Waals surface area contributed by atoms with Crippen LogP contribution in [0.5, 0.6) is 11.5 Å². The summed E-state index contributed by atoms with van der Waals surface area (Å²) in [6, 6.07) is 18.4. The number of amides is 1. The molecule has 0 radical (unpaired) electrons. The number of carbonyl (C=O) groups is 1.